The van der Waals surface area contributed by atoms with Crippen molar-refractivity contribution in [3.8, 4) is 0 Å². The molecule has 3 rings (SSSR count). The summed E-state index contributed by atoms with van der Waals surface area (Å²) in [5, 5.41) is 4.33. The summed E-state index contributed by atoms with van der Waals surface area (Å²) in [5.41, 5.74) is 5.17. The fraction of sp³-hybridized carbons (Fsp3) is 0.529. The van der Waals surface area contributed by atoms with Crippen LogP contribution < -0.4 is 5.43 Å². The molecule has 0 radical (unpaired) electrons. The van der Waals surface area contributed by atoms with Gasteiger partial charge in [-0.15, -0.1) is 0 Å². The Labute approximate surface area is 126 Å². The van der Waals surface area contributed by atoms with Crippen LogP contribution in [0.4, 0.5) is 0 Å². The average molecular weight is 285 g/mol. The lowest BCUT2D eigenvalue weighted by atomic mass is 10.1. The number of amides is 1. The van der Waals surface area contributed by atoms with E-state index in [1.165, 1.54) is 5.56 Å². The molecule has 2 atom stereocenters. The van der Waals surface area contributed by atoms with Crippen molar-refractivity contribution in [3.05, 3.63) is 35.9 Å². The fourth-order valence-corrected chi connectivity index (χ4v) is 3.01. The molecule has 1 heterocycles. The number of carbonyl (C=O) groups is 1. The van der Waals surface area contributed by atoms with Crippen LogP contribution in [-0.4, -0.2) is 36.2 Å². The van der Waals surface area contributed by atoms with Crippen LogP contribution in [0.15, 0.2) is 35.4 Å². The van der Waals surface area contributed by atoms with Gasteiger partial charge in [0.15, 0.2) is 0 Å². The number of piperidine rings is 1. The van der Waals surface area contributed by atoms with Gasteiger partial charge in [-0.2, -0.15) is 5.10 Å². The molecule has 112 valence electrons. The predicted molar refractivity (Wildman–Crippen MR) is 84.2 cm³/mol. The third kappa shape index (κ3) is 3.50. The summed E-state index contributed by atoms with van der Waals surface area (Å²) >= 11 is 0. The van der Waals surface area contributed by atoms with Crippen LogP contribution in [0.1, 0.15) is 37.7 Å². The van der Waals surface area contributed by atoms with Crippen molar-refractivity contribution >= 4 is 11.6 Å². The summed E-state index contributed by atoms with van der Waals surface area (Å²) in [6, 6.07) is 10.3. The molecule has 0 aromatic heterocycles. The summed E-state index contributed by atoms with van der Waals surface area (Å²) in [7, 11) is 0. The first kappa shape index (κ1) is 14.3. The highest BCUT2D eigenvalue weighted by atomic mass is 16.2. The molecule has 1 aliphatic carbocycles. The van der Waals surface area contributed by atoms with E-state index in [0.29, 0.717) is 5.92 Å². The van der Waals surface area contributed by atoms with Gasteiger partial charge >= 0.3 is 0 Å². The normalized spacial score (nSPS) is 25.5. The molecule has 1 saturated heterocycles. The van der Waals surface area contributed by atoms with Crippen LogP contribution in [0.5, 0.6) is 0 Å². The Kier molecular flexibility index (Phi) is 4.34. The topological polar surface area (TPSA) is 44.7 Å². The quantitative estimate of drug-likeness (QED) is 0.863. The number of hydrazone groups is 1. The Hall–Kier alpha value is -1.68. The van der Waals surface area contributed by atoms with Crippen LogP contribution in [0, 0.1) is 5.92 Å². The smallest absolute Gasteiger partial charge is 0.243 e. The van der Waals surface area contributed by atoms with E-state index in [0.717, 1.165) is 44.6 Å². The molecule has 0 unspecified atom stereocenters. The maximum atomic E-state index is 12.1. The lowest BCUT2D eigenvalue weighted by Crippen LogP contribution is -2.34. The zero-order valence-electron chi connectivity index (χ0n) is 12.6. The number of carbonyl (C=O) groups excluding carboxylic acids is 1. The van der Waals surface area contributed by atoms with Crippen molar-refractivity contribution in [2.24, 2.45) is 11.0 Å². The highest BCUT2D eigenvalue weighted by molar-refractivity contribution is 5.88. The van der Waals surface area contributed by atoms with E-state index < -0.39 is 0 Å². The van der Waals surface area contributed by atoms with Crippen LogP contribution >= 0.6 is 0 Å². The first-order valence-corrected chi connectivity index (χ1v) is 7.90. The van der Waals surface area contributed by atoms with E-state index in [1.807, 2.05) is 18.2 Å². The molecule has 0 bridgehead atoms. The van der Waals surface area contributed by atoms with Crippen LogP contribution in [0.2, 0.25) is 0 Å². The molecule has 1 aliphatic heterocycles. The van der Waals surface area contributed by atoms with Gasteiger partial charge in [-0.25, -0.2) is 5.43 Å². The molecule has 2 fully saturated rings. The first-order chi connectivity index (χ1) is 10.3. The third-order valence-corrected chi connectivity index (χ3v) is 4.56. The SMILES string of the molecule is CCN1CCC(=NNC(=O)[C@@H]2C[C@H]2c2ccccc2)CC1. The minimum Gasteiger partial charge on any atom is -0.303 e. The number of nitrogens with one attached hydrogen (secondary N) is 1. The standard InChI is InChI=1S/C17H23N3O/c1-2-20-10-8-14(9-11-20)18-19-17(21)16-12-15(16)13-6-4-3-5-7-13/h3-7,15-16H,2,8-12H2,1H3,(H,19,21)/t15-,16+/m0/s1. The molecule has 1 aromatic carbocycles. The van der Waals surface area contributed by atoms with Crippen LogP contribution in [0.3, 0.4) is 0 Å². The molecule has 21 heavy (non-hydrogen) atoms. The van der Waals surface area contributed by atoms with Crippen molar-refractivity contribution < 1.29 is 4.79 Å². The molecule has 1 saturated carbocycles. The van der Waals surface area contributed by atoms with E-state index >= 15 is 0 Å². The molecule has 4 heteroatoms. The van der Waals surface area contributed by atoms with Crippen molar-refractivity contribution in [1.82, 2.24) is 10.3 Å². The Bertz CT molecular complexity index is 516. The Balaban J connectivity index is 1.48. The van der Waals surface area contributed by atoms with Crippen molar-refractivity contribution in [2.45, 2.75) is 32.1 Å². The Morgan fingerprint density at radius 3 is 2.67 bits per heavy atom. The molecule has 0 spiro atoms. The second kappa shape index (κ2) is 6.39. The van der Waals surface area contributed by atoms with E-state index in [1.54, 1.807) is 0 Å². The number of hydrogen-bond acceptors (Lipinski definition) is 3. The molecule has 1 N–H and O–H groups in total. The number of likely N-dealkylation sites (tertiary alicyclic amines) is 1. The fourth-order valence-electron chi connectivity index (χ4n) is 3.01. The molecule has 2 aliphatic rings. The zero-order valence-corrected chi connectivity index (χ0v) is 12.6. The average Bonchev–Trinajstić information content (AvgIpc) is 3.35. The van der Waals surface area contributed by atoms with Crippen molar-refractivity contribution in [1.29, 1.82) is 0 Å². The molecular weight excluding hydrogens is 262 g/mol. The van der Waals surface area contributed by atoms with Gasteiger partial charge in [-0.1, -0.05) is 37.3 Å². The minimum absolute atomic E-state index is 0.0780. The largest absolute Gasteiger partial charge is 0.303 e. The number of rotatable bonds is 4. The molecule has 1 amide bonds. The maximum absolute atomic E-state index is 12.1. The Morgan fingerprint density at radius 2 is 2.00 bits per heavy atom. The predicted octanol–water partition coefficient (Wildman–Crippen LogP) is 2.38. The van der Waals surface area contributed by atoms with Gasteiger partial charge in [-0.05, 0) is 24.4 Å². The van der Waals surface area contributed by atoms with Gasteiger partial charge < -0.3 is 4.90 Å². The maximum Gasteiger partial charge on any atom is 0.243 e. The summed E-state index contributed by atoms with van der Waals surface area (Å²) in [6.45, 7) is 5.39. The monoisotopic (exact) mass is 285 g/mol. The van der Waals surface area contributed by atoms with Crippen molar-refractivity contribution in [2.75, 3.05) is 19.6 Å². The minimum atomic E-state index is 0.0780. The zero-order chi connectivity index (χ0) is 14.7. The second-order valence-corrected chi connectivity index (χ2v) is 5.95. The third-order valence-electron chi connectivity index (χ3n) is 4.56. The number of benzene rings is 1. The second-order valence-electron chi connectivity index (χ2n) is 5.95. The van der Waals surface area contributed by atoms with Crippen molar-refractivity contribution in [3.63, 3.8) is 0 Å². The molecule has 1 aromatic rings. The molecule has 4 nitrogen and oxygen atoms in total. The van der Waals surface area contributed by atoms with Gasteiger partial charge in [0.2, 0.25) is 5.91 Å². The molecular formula is C17H23N3O. The van der Waals surface area contributed by atoms with Crippen LogP contribution in [-0.2, 0) is 4.79 Å². The van der Waals surface area contributed by atoms with E-state index in [-0.39, 0.29) is 11.8 Å². The van der Waals surface area contributed by atoms with Crippen LogP contribution in [0.25, 0.3) is 0 Å². The van der Waals surface area contributed by atoms with E-state index in [4.69, 9.17) is 0 Å². The first-order valence-electron chi connectivity index (χ1n) is 7.90. The van der Waals surface area contributed by atoms with Gasteiger partial charge in [0.1, 0.15) is 0 Å². The Morgan fingerprint density at radius 1 is 1.29 bits per heavy atom. The summed E-state index contributed by atoms with van der Waals surface area (Å²) < 4.78 is 0. The van der Waals surface area contributed by atoms with Gasteiger partial charge in [-0.3, -0.25) is 4.79 Å². The summed E-state index contributed by atoms with van der Waals surface area (Å²) in [6.07, 6.45) is 2.89. The van der Waals surface area contributed by atoms with Gasteiger partial charge in [0.05, 0.1) is 0 Å². The van der Waals surface area contributed by atoms with E-state index in [2.05, 4.69) is 34.5 Å². The lowest BCUT2D eigenvalue weighted by Gasteiger charge is -2.25. The lowest BCUT2D eigenvalue weighted by molar-refractivity contribution is -0.122. The van der Waals surface area contributed by atoms with Gasteiger partial charge in [0.25, 0.3) is 0 Å². The summed E-state index contributed by atoms with van der Waals surface area (Å²) in [4.78, 5) is 14.5. The highest BCUT2D eigenvalue weighted by Gasteiger charge is 2.43. The van der Waals surface area contributed by atoms with Gasteiger partial charge in [0, 0.05) is 37.6 Å². The number of nitrogens with zero attached hydrogens (tertiary/aromatic N) is 2. The summed E-state index contributed by atoms with van der Waals surface area (Å²) in [5.74, 6) is 0.565. The van der Waals surface area contributed by atoms with E-state index in [9.17, 15) is 4.79 Å². The number of hydrogen-bond donors (Lipinski definition) is 1. The highest BCUT2D eigenvalue weighted by Crippen LogP contribution is 2.47.